The van der Waals surface area contributed by atoms with E-state index < -0.39 is 17.5 Å². The number of anilines is 2. The zero-order valence-electron chi connectivity index (χ0n) is 11.5. The van der Waals surface area contributed by atoms with Gasteiger partial charge >= 0.3 is 0 Å². The van der Waals surface area contributed by atoms with Gasteiger partial charge in [-0.05, 0) is 12.8 Å². The van der Waals surface area contributed by atoms with Crippen LogP contribution in [0, 0.1) is 17.5 Å². The molecule has 1 aliphatic carbocycles. The van der Waals surface area contributed by atoms with Gasteiger partial charge in [-0.2, -0.15) is 0 Å². The average Bonchev–Trinajstić information content (AvgIpc) is 2.94. The maximum absolute atomic E-state index is 13.7. The van der Waals surface area contributed by atoms with Gasteiger partial charge in [-0.1, -0.05) is 19.3 Å². The summed E-state index contributed by atoms with van der Waals surface area (Å²) in [7, 11) is 0. The molecule has 0 atom stereocenters. The number of aromatic nitrogens is 2. The summed E-state index contributed by atoms with van der Waals surface area (Å²) in [5, 5.41) is 2.76. The molecule has 112 valence electrons. The lowest BCUT2D eigenvalue weighted by Gasteiger charge is -2.24. The van der Waals surface area contributed by atoms with Crippen molar-refractivity contribution in [3.63, 3.8) is 0 Å². The van der Waals surface area contributed by atoms with E-state index in [1.807, 2.05) is 10.8 Å². The third-order valence-electron chi connectivity index (χ3n) is 3.89. The number of benzene rings is 1. The lowest BCUT2D eigenvalue weighted by Crippen LogP contribution is -2.14. The van der Waals surface area contributed by atoms with Crippen molar-refractivity contribution < 1.29 is 13.2 Å². The average molecular weight is 295 g/mol. The molecule has 0 radical (unpaired) electrons. The summed E-state index contributed by atoms with van der Waals surface area (Å²) in [4.78, 5) is 4.15. The molecule has 1 aromatic heterocycles. The summed E-state index contributed by atoms with van der Waals surface area (Å²) in [6, 6.07) is 1.66. The fourth-order valence-electron chi connectivity index (χ4n) is 2.80. The molecule has 0 spiro atoms. The van der Waals surface area contributed by atoms with Gasteiger partial charge in [0, 0.05) is 30.6 Å². The van der Waals surface area contributed by atoms with Crippen molar-refractivity contribution in [1.29, 1.82) is 0 Å². The first-order chi connectivity index (χ1) is 10.1. The summed E-state index contributed by atoms with van der Waals surface area (Å²) >= 11 is 0. The molecule has 0 amide bonds. The van der Waals surface area contributed by atoms with Crippen molar-refractivity contribution >= 4 is 11.6 Å². The van der Waals surface area contributed by atoms with Crippen molar-refractivity contribution in [3.05, 3.63) is 42.0 Å². The molecule has 1 aromatic carbocycles. The zero-order chi connectivity index (χ0) is 14.8. The van der Waals surface area contributed by atoms with Crippen LogP contribution < -0.4 is 5.32 Å². The molecule has 1 heterocycles. The van der Waals surface area contributed by atoms with Gasteiger partial charge in [0.15, 0.2) is 11.6 Å². The Labute approximate surface area is 120 Å². The van der Waals surface area contributed by atoms with E-state index >= 15 is 0 Å². The maximum Gasteiger partial charge on any atom is 0.207 e. The fraction of sp³-hybridized carbons (Fsp3) is 0.400. The van der Waals surface area contributed by atoms with E-state index in [0.717, 1.165) is 31.7 Å². The Hall–Kier alpha value is -1.98. The van der Waals surface area contributed by atoms with Gasteiger partial charge in [0.25, 0.3) is 0 Å². The van der Waals surface area contributed by atoms with Crippen molar-refractivity contribution in [2.24, 2.45) is 0 Å². The van der Waals surface area contributed by atoms with Gasteiger partial charge in [-0.25, -0.2) is 18.2 Å². The van der Waals surface area contributed by atoms with Gasteiger partial charge in [0.1, 0.15) is 5.82 Å². The van der Waals surface area contributed by atoms with E-state index in [0.29, 0.717) is 18.1 Å². The number of hydrogen-bond acceptors (Lipinski definition) is 2. The van der Waals surface area contributed by atoms with Crippen LogP contribution in [0.5, 0.6) is 0 Å². The molecule has 1 aliphatic rings. The van der Waals surface area contributed by atoms with E-state index in [2.05, 4.69) is 10.3 Å². The van der Waals surface area contributed by atoms with E-state index in [1.165, 1.54) is 6.42 Å². The molecule has 0 aliphatic heterocycles. The van der Waals surface area contributed by atoms with Crippen molar-refractivity contribution in [2.45, 2.75) is 38.1 Å². The lowest BCUT2D eigenvalue weighted by molar-refractivity contribution is 0.356. The maximum atomic E-state index is 13.7. The number of rotatable bonds is 3. The molecule has 0 saturated heterocycles. The lowest BCUT2D eigenvalue weighted by atomic mass is 9.95. The first-order valence-electron chi connectivity index (χ1n) is 7.09. The van der Waals surface area contributed by atoms with Crippen LogP contribution in [-0.2, 0) is 0 Å². The van der Waals surface area contributed by atoms with Crippen LogP contribution in [0.15, 0.2) is 24.5 Å². The summed E-state index contributed by atoms with van der Waals surface area (Å²) in [5.74, 6) is -2.68. The second-order valence-corrected chi connectivity index (χ2v) is 5.32. The molecule has 1 saturated carbocycles. The Morgan fingerprint density at radius 2 is 1.71 bits per heavy atom. The summed E-state index contributed by atoms with van der Waals surface area (Å²) in [5.41, 5.74) is -0.114. The van der Waals surface area contributed by atoms with E-state index in [-0.39, 0.29) is 5.69 Å². The highest BCUT2D eigenvalue weighted by Gasteiger charge is 2.19. The van der Waals surface area contributed by atoms with Gasteiger partial charge in [0.2, 0.25) is 5.95 Å². The number of halogens is 3. The predicted octanol–water partition coefficient (Wildman–Crippen LogP) is 4.55. The van der Waals surface area contributed by atoms with Crippen LogP contribution in [0.1, 0.15) is 38.1 Å². The molecule has 6 heteroatoms. The molecule has 21 heavy (non-hydrogen) atoms. The highest BCUT2D eigenvalue weighted by atomic mass is 19.2. The van der Waals surface area contributed by atoms with Crippen LogP contribution in [0.25, 0.3) is 0 Å². The van der Waals surface area contributed by atoms with Crippen LogP contribution in [0.3, 0.4) is 0 Å². The third-order valence-corrected chi connectivity index (χ3v) is 3.89. The molecular weight excluding hydrogens is 279 g/mol. The van der Waals surface area contributed by atoms with Crippen molar-refractivity contribution in [1.82, 2.24) is 9.55 Å². The third kappa shape index (κ3) is 2.89. The number of nitrogens with one attached hydrogen (secondary N) is 1. The van der Waals surface area contributed by atoms with E-state index in [9.17, 15) is 13.2 Å². The number of imidazole rings is 1. The number of nitrogens with zero attached hydrogens (tertiary/aromatic N) is 2. The smallest absolute Gasteiger partial charge is 0.207 e. The molecule has 0 unspecified atom stereocenters. The minimum Gasteiger partial charge on any atom is -0.323 e. The standard InChI is InChI=1S/C15H16F3N3/c16-11-8-13(18)14(9-12(11)17)20-15-19-6-7-21(15)10-4-2-1-3-5-10/h6-10H,1-5H2,(H,19,20). The topological polar surface area (TPSA) is 29.9 Å². The molecule has 1 N–H and O–H groups in total. The van der Waals surface area contributed by atoms with Gasteiger partial charge < -0.3 is 9.88 Å². The zero-order valence-corrected chi connectivity index (χ0v) is 11.5. The van der Waals surface area contributed by atoms with Crippen molar-refractivity contribution in [3.8, 4) is 0 Å². The Balaban J connectivity index is 1.85. The predicted molar refractivity (Wildman–Crippen MR) is 73.9 cm³/mol. The Morgan fingerprint density at radius 1 is 1.00 bits per heavy atom. The molecule has 3 rings (SSSR count). The van der Waals surface area contributed by atoms with Gasteiger partial charge in [-0.3, -0.25) is 0 Å². The van der Waals surface area contributed by atoms with E-state index in [1.54, 1.807) is 6.20 Å². The van der Waals surface area contributed by atoms with Crippen LogP contribution in [-0.4, -0.2) is 9.55 Å². The minimum absolute atomic E-state index is 0.114. The number of hydrogen-bond donors (Lipinski definition) is 1. The van der Waals surface area contributed by atoms with Gasteiger partial charge in [-0.15, -0.1) is 0 Å². The van der Waals surface area contributed by atoms with Crippen molar-refractivity contribution in [2.75, 3.05) is 5.32 Å². The highest BCUT2D eigenvalue weighted by Crippen LogP contribution is 2.31. The minimum atomic E-state index is -1.20. The summed E-state index contributed by atoms with van der Waals surface area (Å²) < 4.78 is 41.8. The first kappa shape index (κ1) is 14.0. The monoisotopic (exact) mass is 295 g/mol. The normalized spacial score (nSPS) is 16.1. The highest BCUT2D eigenvalue weighted by molar-refractivity contribution is 5.54. The van der Waals surface area contributed by atoms with Crippen LogP contribution in [0.4, 0.5) is 24.8 Å². The summed E-state index contributed by atoms with van der Waals surface area (Å²) in [6.45, 7) is 0. The molecular formula is C15H16F3N3. The SMILES string of the molecule is Fc1cc(F)c(Nc2nccn2C2CCCCC2)cc1F. The Bertz CT molecular complexity index is 633. The molecule has 1 fully saturated rings. The van der Waals surface area contributed by atoms with Gasteiger partial charge in [0.05, 0.1) is 5.69 Å². The second-order valence-electron chi connectivity index (χ2n) is 5.32. The molecule has 0 bridgehead atoms. The largest absolute Gasteiger partial charge is 0.323 e. The van der Waals surface area contributed by atoms with Crippen LogP contribution >= 0.6 is 0 Å². The Morgan fingerprint density at radius 3 is 2.48 bits per heavy atom. The Kier molecular flexibility index (Phi) is 3.86. The van der Waals surface area contributed by atoms with Crippen LogP contribution in [0.2, 0.25) is 0 Å². The van der Waals surface area contributed by atoms with E-state index in [4.69, 9.17) is 0 Å². The molecule has 2 aromatic rings. The fourth-order valence-corrected chi connectivity index (χ4v) is 2.80. The first-order valence-corrected chi connectivity index (χ1v) is 7.09. The quantitative estimate of drug-likeness (QED) is 0.842. The summed E-state index contributed by atoms with van der Waals surface area (Å²) in [6.07, 6.45) is 9.08. The second kappa shape index (κ2) is 5.79. The molecule has 3 nitrogen and oxygen atoms in total.